The van der Waals surface area contributed by atoms with E-state index in [0.29, 0.717) is 32.1 Å². The van der Waals surface area contributed by atoms with E-state index in [1.807, 2.05) is 6.92 Å². The van der Waals surface area contributed by atoms with Crippen LogP contribution in [0, 0.1) is 0 Å². The van der Waals surface area contributed by atoms with Crippen LogP contribution >= 0.6 is 0 Å². The summed E-state index contributed by atoms with van der Waals surface area (Å²) in [5, 5.41) is 9.08. The fourth-order valence-electron chi connectivity index (χ4n) is 1.90. The first kappa shape index (κ1) is 13.7. The lowest BCUT2D eigenvalue weighted by molar-refractivity contribution is -0.128. The van der Waals surface area contributed by atoms with Crippen LogP contribution < -0.4 is 16.0 Å². The summed E-state index contributed by atoms with van der Waals surface area (Å²) in [6.07, 6.45) is 4.77. The molecular weight excluding hydrogens is 246 g/mol. The van der Waals surface area contributed by atoms with Gasteiger partial charge in [-0.15, -0.1) is 0 Å². The number of ether oxygens (including phenoxy) is 1. The molecule has 3 N–H and O–H groups in total. The second-order valence-corrected chi connectivity index (χ2v) is 4.32. The summed E-state index contributed by atoms with van der Waals surface area (Å²) in [6, 6.07) is -0.273. The fourth-order valence-corrected chi connectivity index (χ4v) is 1.90. The molecule has 0 aromatic carbocycles. The highest BCUT2D eigenvalue weighted by atomic mass is 16.5. The van der Waals surface area contributed by atoms with Gasteiger partial charge in [0.05, 0.1) is 18.9 Å². The first-order chi connectivity index (χ1) is 9.27. The molecule has 0 unspecified atom stereocenters. The molecule has 1 aromatic rings. The molecule has 2 heterocycles. The van der Waals surface area contributed by atoms with Crippen LogP contribution in [-0.2, 0) is 9.53 Å². The Bertz CT molecular complexity index is 400. The molecule has 7 nitrogen and oxygen atoms in total. The lowest BCUT2D eigenvalue weighted by atomic mass is 10.1. The predicted octanol–water partition coefficient (Wildman–Crippen LogP) is -0.618. The third-order valence-corrected chi connectivity index (χ3v) is 2.89. The number of aromatic nitrogens is 2. The van der Waals surface area contributed by atoms with Gasteiger partial charge in [-0.05, 0) is 6.92 Å². The maximum atomic E-state index is 11.9. The zero-order valence-electron chi connectivity index (χ0n) is 10.9. The highest BCUT2D eigenvalue weighted by Crippen LogP contribution is 2.03. The lowest BCUT2D eigenvalue weighted by Gasteiger charge is -2.29. The topological polar surface area (TPSA) is 88.2 Å². The molecule has 0 radical (unpaired) electrons. The van der Waals surface area contributed by atoms with E-state index in [9.17, 15) is 4.79 Å². The number of carbonyl (C=O) groups is 1. The van der Waals surface area contributed by atoms with E-state index in [0.717, 1.165) is 0 Å². The monoisotopic (exact) mass is 265 g/mol. The van der Waals surface area contributed by atoms with Crippen molar-refractivity contribution in [2.75, 3.05) is 31.6 Å². The normalized spacial score (nSPS) is 22.8. The highest BCUT2D eigenvalue weighted by molar-refractivity contribution is 5.82. The Morgan fingerprint density at radius 1 is 1.53 bits per heavy atom. The molecule has 0 bridgehead atoms. The van der Waals surface area contributed by atoms with Crippen molar-refractivity contribution in [3.8, 4) is 0 Å². The molecule has 0 aliphatic carbocycles. The van der Waals surface area contributed by atoms with Crippen molar-refractivity contribution in [1.29, 1.82) is 0 Å². The summed E-state index contributed by atoms with van der Waals surface area (Å²) < 4.78 is 5.43. The molecule has 1 aliphatic heterocycles. The molecule has 7 heteroatoms. The summed E-state index contributed by atoms with van der Waals surface area (Å²) in [5.74, 6) is 0.664. The lowest BCUT2D eigenvalue weighted by Crippen LogP contribution is -2.55. The van der Waals surface area contributed by atoms with Crippen molar-refractivity contribution >= 4 is 11.7 Å². The summed E-state index contributed by atoms with van der Waals surface area (Å²) >= 11 is 0. The number of anilines is 1. The molecule has 1 aromatic heterocycles. The van der Waals surface area contributed by atoms with Gasteiger partial charge in [-0.1, -0.05) is 0 Å². The molecule has 0 spiro atoms. The van der Waals surface area contributed by atoms with Crippen LogP contribution in [0.3, 0.4) is 0 Å². The minimum Gasteiger partial charge on any atom is -0.375 e. The Morgan fingerprint density at radius 3 is 3.16 bits per heavy atom. The molecule has 104 valence electrons. The van der Waals surface area contributed by atoms with E-state index in [2.05, 4.69) is 25.9 Å². The number of hydrogen-bond acceptors (Lipinski definition) is 6. The summed E-state index contributed by atoms with van der Waals surface area (Å²) in [7, 11) is 0. The Labute approximate surface area is 112 Å². The van der Waals surface area contributed by atoms with Crippen LogP contribution in [0.15, 0.2) is 18.6 Å². The van der Waals surface area contributed by atoms with E-state index in [1.54, 1.807) is 18.6 Å². The maximum absolute atomic E-state index is 11.9. The van der Waals surface area contributed by atoms with Crippen molar-refractivity contribution in [3.63, 3.8) is 0 Å². The quantitative estimate of drug-likeness (QED) is 0.615. The largest absolute Gasteiger partial charge is 0.375 e. The Hall–Kier alpha value is -1.73. The Balaban J connectivity index is 1.66. The van der Waals surface area contributed by atoms with Gasteiger partial charge >= 0.3 is 0 Å². The summed E-state index contributed by atoms with van der Waals surface area (Å²) in [5.41, 5.74) is 0. The average Bonchev–Trinajstić information content (AvgIpc) is 2.45. The van der Waals surface area contributed by atoms with Crippen molar-refractivity contribution in [1.82, 2.24) is 20.6 Å². The van der Waals surface area contributed by atoms with Gasteiger partial charge in [-0.25, -0.2) is 4.98 Å². The van der Waals surface area contributed by atoms with Crippen LogP contribution in [0.4, 0.5) is 5.82 Å². The van der Waals surface area contributed by atoms with Gasteiger partial charge in [0.25, 0.3) is 0 Å². The number of hydrogen-bond donors (Lipinski definition) is 3. The van der Waals surface area contributed by atoms with Gasteiger partial charge in [-0.3, -0.25) is 9.78 Å². The van der Waals surface area contributed by atoms with Crippen LogP contribution in [0.5, 0.6) is 0 Å². The molecule has 19 heavy (non-hydrogen) atoms. The van der Waals surface area contributed by atoms with E-state index in [1.165, 1.54) is 0 Å². The highest BCUT2D eigenvalue weighted by Gasteiger charge is 2.27. The second kappa shape index (κ2) is 7.01. The molecule has 1 fully saturated rings. The van der Waals surface area contributed by atoms with Gasteiger partial charge in [-0.2, -0.15) is 0 Å². The van der Waals surface area contributed by atoms with Crippen molar-refractivity contribution in [2.24, 2.45) is 0 Å². The number of nitrogens with one attached hydrogen (secondary N) is 3. The molecule has 2 rings (SSSR count). The standard InChI is InChI=1S/C12H19N5O2/c1-9-11(16-6-7-19-9)12(18)17-5-4-15-10-8-13-2-3-14-10/h2-3,8-9,11,16H,4-7H2,1H3,(H,14,15)(H,17,18)/t9-,11+/m1/s1. The zero-order valence-corrected chi connectivity index (χ0v) is 10.9. The smallest absolute Gasteiger partial charge is 0.239 e. The molecule has 1 amide bonds. The van der Waals surface area contributed by atoms with Gasteiger partial charge in [0.2, 0.25) is 5.91 Å². The predicted molar refractivity (Wildman–Crippen MR) is 70.7 cm³/mol. The maximum Gasteiger partial charge on any atom is 0.239 e. The van der Waals surface area contributed by atoms with E-state index >= 15 is 0 Å². The minimum absolute atomic E-state index is 0.0341. The first-order valence-corrected chi connectivity index (χ1v) is 6.40. The fraction of sp³-hybridized carbons (Fsp3) is 0.583. The number of amides is 1. The van der Waals surface area contributed by atoms with Crippen molar-refractivity contribution in [3.05, 3.63) is 18.6 Å². The molecular formula is C12H19N5O2. The molecule has 2 atom stereocenters. The van der Waals surface area contributed by atoms with E-state index in [4.69, 9.17) is 4.74 Å². The number of rotatable bonds is 5. The van der Waals surface area contributed by atoms with Gasteiger partial charge < -0.3 is 20.7 Å². The van der Waals surface area contributed by atoms with Gasteiger partial charge in [0.1, 0.15) is 11.9 Å². The SMILES string of the molecule is C[C@H]1OCCN[C@@H]1C(=O)NCCNc1cnccn1. The number of nitrogens with zero attached hydrogens (tertiary/aromatic N) is 2. The first-order valence-electron chi connectivity index (χ1n) is 6.40. The molecule has 1 saturated heterocycles. The van der Waals surface area contributed by atoms with Crippen LogP contribution in [0.25, 0.3) is 0 Å². The molecule has 1 aliphatic rings. The molecule has 0 saturated carbocycles. The number of morpholine rings is 1. The zero-order chi connectivity index (χ0) is 13.5. The van der Waals surface area contributed by atoms with Crippen LogP contribution in [0.2, 0.25) is 0 Å². The second-order valence-electron chi connectivity index (χ2n) is 4.32. The summed E-state index contributed by atoms with van der Waals surface area (Å²) in [4.78, 5) is 19.9. The van der Waals surface area contributed by atoms with Crippen molar-refractivity contribution in [2.45, 2.75) is 19.1 Å². The minimum atomic E-state index is -0.273. The van der Waals surface area contributed by atoms with Gasteiger partial charge in [0, 0.05) is 32.0 Å². The Morgan fingerprint density at radius 2 is 2.42 bits per heavy atom. The average molecular weight is 265 g/mol. The summed E-state index contributed by atoms with van der Waals surface area (Å²) in [6.45, 7) is 4.39. The third kappa shape index (κ3) is 4.15. The van der Waals surface area contributed by atoms with Gasteiger partial charge in [0.15, 0.2) is 0 Å². The van der Waals surface area contributed by atoms with E-state index in [-0.39, 0.29) is 18.1 Å². The van der Waals surface area contributed by atoms with Crippen LogP contribution in [0.1, 0.15) is 6.92 Å². The number of carbonyl (C=O) groups excluding carboxylic acids is 1. The van der Waals surface area contributed by atoms with Crippen LogP contribution in [-0.4, -0.2) is 54.3 Å². The Kier molecular flexibility index (Phi) is 5.05. The third-order valence-electron chi connectivity index (χ3n) is 2.89. The van der Waals surface area contributed by atoms with Crippen molar-refractivity contribution < 1.29 is 9.53 Å². The van der Waals surface area contributed by atoms with E-state index < -0.39 is 0 Å².